The first-order chi connectivity index (χ1) is 14.2. The quantitative estimate of drug-likeness (QED) is 0.416. The number of carbonyl (C=O) groups is 1. The maximum Gasteiger partial charge on any atom is 0.264 e. The van der Waals surface area contributed by atoms with Crippen molar-refractivity contribution in [3.8, 4) is 21.7 Å². The topological polar surface area (TPSA) is 131 Å². The lowest BCUT2D eigenvalue weighted by molar-refractivity contribution is -0.131. The molecule has 1 amide bonds. The average Bonchev–Trinajstić information content (AvgIpc) is 3.26. The second-order valence-corrected chi connectivity index (χ2v) is 10.2. The van der Waals surface area contributed by atoms with E-state index < -0.39 is 20.5 Å². The predicted molar refractivity (Wildman–Crippen MR) is 113 cm³/mol. The molecule has 0 aliphatic rings. The van der Waals surface area contributed by atoms with Gasteiger partial charge in [-0.2, -0.15) is 4.37 Å². The summed E-state index contributed by atoms with van der Waals surface area (Å²) >= 11 is 1.29. The Bertz CT molecular complexity index is 1200. The molecule has 3 rings (SSSR count). The summed E-state index contributed by atoms with van der Waals surface area (Å²) in [5.74, 6) is -1.04. The fourth-order valence-corrected chi connectivity index (χ4v) is 4.27. The summed E-state index contributed by atoms with van der Waals surface area (Å²) in [5.41, 5.74) is 3.54. The molecule has 1 aromatic carbocycles. The van der Waals surface area contributed by atoms with Crippen molar-refractivity contribution in [3.05, 3.63) is 59.3 Å². The second-order valence-electron chi connectivity index (χ2n) is 6.96. The third-order valence-corrected chi connectivity index (χ3v) is 7.79. The number of benzene rings is 1. The molecule has 3 aromatic rings. The van der Waals surface area contributed by atoms with Crippen molar-refractivity contribution in [2.45, 2.75) is 24.6 Å². The molecule has 2 aromatic heterocycles. The van der Waals surface area contributed by atoms with Gasteiger partial charge in [0, 0.05) is 30.6 Å². The van der Waals surface area contributed by atoms with E-state index in [1.54, 1.807) is 12.3 Å². The van der Waals surface area contributed by atoms with Crippen LogP contribution < -0.4 is 11.0 Å². The molecule has 11 heteroatoms. The number of nitrogens with one attached hydrogen (secondary N) is 1. The fraction of sp³-hybridized carbons (Fsp3) is 0.263. The molecule has 0 aliphatic heterocycles. The van der Waals surface area contributed by atoms with E-state index in [9.17, 15) is 18.0 Å². The number of aryl methyl sites for hydroxylation is 1. The summed E-state index contributed by atoms with van der Waals surface area (Å²) in [6.07, 6.45) is 3.79. The van der Waals surface area contributed by atoms with Crippen molar-refractivity contribution in [1.29, 1.82) is 0 Å². The Hall–Kier alpha value is -2.89. The van der Waals surface area contributed by atoms with Gasteiger partial charge < -0.3 is 4.57 Å². The minimum Gasteiger partial charge on any atom is -0.315 e. The molecule has 0 fully saturated rings. The number of amides is 1. The number of hydrogen-bond acceptors (Lipinski definition) is 8. The third-order valence-electron chi connectivity index (χ3n) is 5.05. The Labute approximate surface area is 177 Å². The molecule has 1 unspecified atom stereocenters. The van der Waals surface area contributed by atoms with Gasteiger partial charge in [0.1, 0.15) is 11.3 Å². The molecule has 0 saturated heterocycles. The summed E-state index contributed by atoms with van der Waals surface area (Å²) in [6, 6.07) is 10.7. The highest BCUT2D eigenvalue weighted by atomic mass is 32.2. The van der Waals surface area contributed by atoms with E-state index in [2.05, 4.69) is 9.36 Å². The Balaban J connectivity index is 1.80. The van der Waals surface area contributed by atoms with E-state index >= 15 is 0 Å². The van der Waals surface area contributed by atoms with Crippen LogP contribution in [0, 0.1) is 0 Å². The maximum absolute atomic E-state index is 12.5. The molecule has 158 valence electrons. The number of hydrogen-bond donors (Lipinski definition) is 2. The Morgan fingerprint density at radius 1 is 1.20 bits per heavy atom. The average molecular weight is 449 g/mol. The summed E-state index contributed by atoms with van der Waals surface area (Å²) in [6.45, 7) is 1.21. The standard InChI is InChI=1S/C19H20N4O5S2/c1-19(18(25)22-26,30(2,27)28)8-10-23-9-7-15(11-16(23)24)13-3-5-14(6-4-13)17-20-12-21-29-17/h3-7,9,11-12,26H,8,10H2,1-2H3,(H,22,25). The van der Waals surface area contributed by atoms with Gasteiger partial charge in [-0.15, -0.1) is 0 Å². The zero-order valence-electron chi connectivity index (χ0n) is 16.3. The van der Waals surface area contributed by atoms with Gasteiger partial charge in [-0.25, -0.2) is 18.9 Å². The van der Waals surface area contributed by atoms with Crippen LogP contribution in [0.4, 0.5) is 0 Å². The monoisotopic (exact) mass is 448 g/mol. The van der Waals surface area contributed by atoms with Crippen molar-refractivity contribution in [2.75, 3.05) is 6.26 Å². The van der Waals surface area contributed by atoms with E-state index in [4.69, 9.17) is 5.21 Å². The van der Waals surface area contributed by atoms with Crippen molar-refractivity contribution in [2.24, 2.45) is 0 Å². The van der Waals surface area contributed by atoms with E-state index in [1.807, 2.05) is 24.3 Å². The van der Waals surface area contributed by atoms with Gasteiger partial charge >= 0.3 is 0 Å². The summed E-state index contributed by atoms with van der Waals surface area (Å²) in [7, 11) is -3.83. The van der Waals surface area contributed by atoms with Crippen LogP contribution in [-0.2, 0) is 21.2 Å². The maximum atomic E-state index is 12.5. The number of aromatic nitrogens is 3. The Morgan fingerprint density at radius 2 is 1.87 bits per heavy atom. The molecule has 0 saturated carbocycles. The molecular formula is C19H20N4O5S2. The van der Waals surface area contributed by atoms with Crippen LogP contribution in [0.2, 0.25) is 0 Å². The largest absolute Gasteiger partial charge is 0.315 e. The van der Waals surface area contributed by atoms with Gasteiger partial charge in [0.2, 0.25) is 0 Å². The smallest absolute Gasteiger partial charge is 0.264 e. The van der Waals surface area contributed by atoms with Crippen molar-refractivity contribution >= 4 is 27.3 Å². The molecule has 0 spiro atoms. The van der Waals surface area contributed by atoms with E-state index in [1.165, 1.54) is 40.9 Å². The minimum absolute atomic E-state index is 0.00785. The zero-order chi connectivity index (χ0) is 21.9. The van der Waals surface area contributed by atoms with Gasteiger partial charge in [0.05, 0.1) is 0 Å². The van der Waals surface area contributed by atoms with Gasteiger partial charge in [-0.3, -0.25) is 14.8 Å². The molecule has 0 radical (unpaired) electrons. The third kappa shape index (κ3) is 4.32. The van der Waals surface area contributed by atoms with E-state index in [0.29, 0.717) is 5.56 Å². The van der Waals surface area contributed by atoms with Crippen LogP contribution in [0.5, 0.6) is 0 Å². The van der Waals surface area contributed by atoms with Crippen LogP contribution in [0.3, 0.4) is 0 Å². The molecule has 0 aliphatic carbocycles. The first-order valence-corrected chi connectivity index (χ1v) is 11.5. The van der Waals surface area contributed by atoms with Gasteiger partial charge in [0.15, 0.2) is 14.6 Å². The van der Waals surface area contributed by atoms with Gasteiger partial charge in [0.25, 0.3) is 11.5 Å². The Morgan fingerprint density at radius 3 is 2.40 bits per heavy atom. The lowest BCUT2D eigenvalue weighted by atomic mass is 10.0. The minimum atomic E-state index is -3.83. The summed E-state index contributed by atoms with van der Waals surface area (Å²) < 4.78 is 27.5. The van der Waals surface area contributed by atoms with Crippen molar-refractivity contribution in [1.82, 2.24) is 19.4 Å². The lowest BCUT2D eigenvalue weighted by Crippen LogP contribution is -2.49. The molecule has 2 N–H and O–H groups in total. The zero-order valence-corrected chi connectivity index (χ0v) is 17.9. The first-order valence-electron chi connectivity index (χ1n) is 8.88. The van der Waals surface area contributed by atoms with Crippen LogP contribution >= 0.6 is 11.5 Å². The number of rotatable bonds is 7. The van der Waals surface area contributed by atoms with Crippen LogP contribution in [0.1, 0.15) is 13.3 Å². The first kappa shape index (κ1) is 21.8. The summed E-state index contributed by atoms with van der Waals surface area (Å²) in [5, 5.41) is 9.69. The summed E-state index contributed by atoms with van der Waals surface area (Å²) in [4.78, 5) is 28.6. The van der Waals surface area contributed by atoms with Crippen LogP contribution in [0.15, 0.2) is 53.7 Å². The molecule has 30 heavy (non-hydrogen) atoms. The SMILES string of the molecule is CC(CCn1ccc(-c2ccc(-c3ncns3)cc2)cc1=O)(C(=O)NO)S(C)(=O)=O. The van der Waals surface area contributed by atoms with Crippen LogP contribution in [0.25, 0.3) is 21.7 Å². The number of pyridine rings is 1. The second kappa shape index (κ2) is 8.46. The highest BCUT2D eigenvalue weighted by molar-refractivity contribution is 7.92. The van der Waals surface area contributed by atoms with Crippen LogP contribution in [-0.4, -0.2) is 44.5 Å². The van der Waals surface area contributed by atoms with E-state index in [-0.39, 0.29) is 18.5 Å². The number of carbonyl (C=O) groups excluding carboxylic acids is 1. The number of nitrogens with zero attached hydrogens (tertiary/aromatic N) is 3. The fourth-order valence-electron chi connectivity index (χ4n) is 2.90. The molecule has 0 bridgehead atoms. The van der Waals surface area contributed by atoms with Gasteiger partial charge in [-0.05, 0) is 42.1 Å². The number of sulfone groups is 1. The highest BCUT2D eigenvalue weighted by Crippen LogP contribution is 2.25. The number of hydroxylamine groups is 1. The van der Waals surface area contributed by atoms with Gasteiger partial charge in [-0.1, -0.05) is 24.3 Å². The van der Waals surface area contributed by atoms with Crippen molar-refractivity contribution < 1.29 is 18.4 Å². The highest BCUT2D eigenvalue weighted by Gasteiger charge is 2.43. The Kier molecular flexibility index (Phi) is 6.15. The molecule has 2 heterocycles. The normalized spacial score (nSPS) is 13.6. The van der Waals surface area contributed by atoms with Crippen molar-refractivity contribution in [3.63, 3.8) is 0 Å². The van der Waals surface area contributed by atoms with E-state index in [0.717, 1.165) is 22.4 Å². The molecule has 1 atom stereocenters. The lowest BCUT2D eigenvalue weighted by Gasteiger charge is -2.25. The molecular weight excluding hydrogens is 428 g/mol. The molecule has 9 nitrogen and oxygen atoms in total. The predicted octanol–water partition coefficient (Wildman–Crippen LogP) is 1.73.